The summed E-state index contributed by atoms with van der Waals surface area (Å²) in [4.78, 5) is 28.3. The summed E-state index contributed by atoms with van der Waals surface area (Å²) in [5.41, 5.74) is -0.221. The molecule has 0 aliphatic rings. The first-order valence-corrected chi connectivity index (χ1v) is 6.36. The van der Waals surface area contributed by atoms with E-state index < -0.39 is 0 Å². The molecule has 0 aliphatic carbocycles. The lowest BCUT2D eigenvalue weighted by atomic mass is 10.4. The highest BCUT2D eigenvalue weighted by atomic mass is 35.5. The minimum atomic E-state index is -0.310. The van der Waals surface area contributed by atoms with Gasteiger partial charge in [-0.15, -0.1) is 11.3 Å². The number of thiophene rings is 1. The second-order valence-electron chi connectivity index (χ2n) is 3.61. The van der Waals surface area contributed by atoms with Gasteiger partial charge >= 0.3 is 0 Å². The maximum Gasteiger partial charge on any atom is 0.262 e. The van der Waals surface area contributed by atoms with Crippen molar-refractivity contribution in [3.63, 3.8) is 0 Å². The number of hydrogen-bond donors (Lipinski definition) is 1. The monoisotopic (exact) mass is 283 g/mol. The molecule has 0 atom stereocenters. The minimum absolute atomic E-state index is 0.0816. The first-order valence-electron chi connectivity index (χ1n) is 5.10. The number of nitrogens with zero attached hydrogens (tertiary/aromatic N) is 2. The van der Waals surface area contributed by atoms with Crippen molar-refractivity contribution in [2.45, 2.75) is 6.54 Å². The highest BCUT2D eigenvalue weighted by Gasteiger charge is 2.08. The molecular formula is C11H10ClN3O2S. The Hall–Kier alpha value is -1.66. The van der Waals surface area contributed by atoms with Gasteiger partial charge in [0.05, 0.1) is 18.3 Å². The normalized spacial score (nSPS) is 10.5. The van der Waals surface area contributed by atoms with Crippen molar-refractivity contribution in [2.24, 2.45) is 0 Å². The Labute approximate surface area is 112 Å². The number of amides is 1. The highest BCUT2D eigenvalue weighted by molar-refractivity contribution is 7.16. The molecule has 94 valence electrons. The summed E-state index contributed by atoms with van der Waals surface area (Å²) in [5, 5.41) is 5.20. The predicted octanol–water partition coefficient (Wildman–Crippen LogP) is 1.33. The van der Waals surface area contributed by atoms with Crippen LogP contribution in [0.2, 0.25) is 0 Å². The SMILES string of the molecule is C=C(Cl)CNC(=O)Cn1cnc2sccc2c1=O. The molecule has 18 heavy (non-hydrogen) atoms. The van der Waals surface area contributed by atoms with E-state index in [4.69, 9.17) is 11.6 Å². The van der Waals surface area contributed by atoms with Gasteiger partial charge in [-0.1, -0.05) is 18.2 Å². The fourth-order valence-electron chi connectivity index (χ4n) is 1.41. The van der Waals surface area contributed by atoms with E-state index in [1.165, 1.54) is 22.2 Å². The molecule has 0 aromatic carbocycles. The number of fused-ring (bicyclic) bond motifs is 1. The molecule has 2 aromatic rings. The summed E-state index contributed by atoms with van der Waals surface area (Å²) >= 11 is 6.92. The first kappa shape index (κ1) is 12.8. The van der Waals surface area contributed by atoms with Gasteiger partial charge in [-0.3, -0.25) is 14.2 Å². The summed E-state index contributed by atoms with van der Waals surface area (Å²) in [6.45, 7) is 3.56. The molecule has 5 nitrogen and oxygen atoms in total. The number of nitrogens with one attached hydrogen (secondary N) is 1. The second-order valence-corrected chi connectivity index (χ2v) is 5.04. The third-order valence-corrected chi connectivity index (χ3v) is 3.20. The fraction of sp³-hybridized carbons (Fsp3) is 0.182. The number of aromatic nitrogens is 2. The maximum absolute atomic E-state index is 12.0. The largest absolute Gasteiger partial charge is 0.350 e. The van der Waals surface area contributed by atoms with Crippen LogP contribution < -0.4 is 10.9 Å². The van der Waals surface area contributed by atoms with Crippen molar-refractivity contribution in [2.75, 3.05) is 6.54 Å². The van der Waals surface area contributed by atoms with Crippen molar-refractivity contribution in [3.8, 4) is 0 Å². The number of carbonyl (C=O) groups is 1. The number of hydrogen-bond acceptors (Lipinski definition) is 4. The van der Waals surface area contributed by atoms with Gasteiger partial charge in [-0.05, 0) is 11.4 Å². The van der Waals surface area contributed by atoms with Gasteiger partial charge in [-0.2, -0.15) is 0 Å². The number of carbonyl (C=O) groups excluding carboxylic acids is 1. The average molecular weight is 284 g/mol. The first-order chi connectivity index (χ1) is 8.58. The van der Waals surface area contributed by atoms with E-state index >= 15 is 0 Å². The average Bonchev–Trinajstić information content (AvgIpc) is 2.79. The van der Waals surface area contributed by atoms with Crippen molar-refractivity contribution in [1.29, 1.82) is 0 Å². The standard InChI is InChI=1S/C11H10ClN3O2S/c1-7(12)4-13-9(16)5-15-6-14-10-8(11(15)17)2-3-18-10/h2-3,6H,1,4-5H2,(H,13,16). The van der Waals surface area contributed by atoms with Crippen LogP contribution in [-0.2, 0) is 11.3 Å². The van der Waals surface area contributed by atoms with Crippen LogP contribution in [0, 0.1) is 0 Å². The van der Waals surface area contributed by atoms with E-state index in [0.29, 0.717) is 15.2 Å². The molecular weight excluding hydrogens is 274 g/mol. The Morgan fingerprint density at radius 1 is 1.61 bits per heavy atom. The Morgan fingerprint density at radius 2 is 2.39 bits per heavy atom. The van der Waals surface area contributed by atoms with Crippen LogP contribution in [0.1, 0.15) is 0 Å². The molecule has 0 unspecified atom stereocenters. The fourth-order valence-corrected chi connectivity index (χ4v) is 2.20. The Balaban J connectivity index is 2.16. The molecule has 2 aromatic heterocycles. The molecule has 0 saturated carbocycles. The van der Waals surface area contributed by atoms with Gasteiger partial charge in [0.1, 0.15) is 11.4 Å². The summed E-state index contributed by atoms with van der Waals surface area (Å²) in [7, 11) is 0. The summed E-state index contributed by atoms with van der Waals surface area (Å²) in [6.07, 6.45) is 1.37. The van der Waals surface area contributed by atoms with E-state index in [2.05, 4.69) is 16.9 Å². The van der Waals surface area contributed by atoms with Gasteiger partial charge in [0.2, 0.25) is 5.91 Å². The predicted molar refractivity (Wildman–Crippen MR) is 71.9 cm³/mol. The third kappa shape index (κ3) is 2.77. The minimum Gasteiger partial charge on any atom is -0.350 e. The lowest BCUT2D eigenvalue weighted by Gasteiger charge is -2.06. The van der Waals surface area contributed by atoms with Gasteiger partial charge in [0.15, 0.2) is 0 Å². The van der Waals surface area contributed by atoms with Gasteiger partial charge in [-0.25, -0.2) is 4.98 Å². The van der Waals surface area contributed by atoms with Gasteiger partial charge < -0.3 is 5.32 Å². The van der Waals surface area contributed by atoms with Crippen molar-refractivity contribution >= 4 is 39.1 Å². The van der Waals surface area contributed by atoms with Crippen molar-refractivity contribution in [1.82, 2.24) is 14.9 Å². The zero-order chi connectivity index (χ0) is 13.1. The molecule has 0 fully saturated rings. The van der Waals surface area contributed by atoms with Crippen LogP contribution in [0.15, 0.2) is 34.2 Å². The Kier molecular flexibility index (Phi) is 3.78. The molecule has 7 heteroatoms. The molecule has 0 saturated heterocycles. The van der Waals surface area contributed by atoms with E-state index in [-0.39, 0.29) is 24.6 Å². The van der Waals surface area contributed by atoms with Crippen LogP contribution in [-0.4, -0.2) is 22.0 Å². The molecule has 1 N–H and O–H groups in total. The topological polar surface area (TPSA) is 64.0 Å². The van der Waals surface area contributed by atoms with Crippen LogP contribution >= 0.6 is 22.9 Å². The summed E-state index contributed by atoms with van der Waals surface area (Å²) in [5.74, 6) is -0.310. The number of rotatable bonds is 4. The molecule has 2 heterocycles. The molecule has 1 amide bonds. The second kappa shape index (κ2) is 5.32. The zero-order valence-electron chi connectivity index (χ0n) is 9.35. The van der Waals surface area contributed by atoms with Crippen LogP contribution in [0.4, 0.5) is 0 Å². The summed E-state index contributed by atoms with van der Waals surface area (Å²) in [6, 6.07) is 1.70. The van der Waals surface area contributed by atoms with Crippen LogP contribution in [0.25, 0.3) is 10.2 Å². The number of halogens is 1. The quantitative estimate of drug-likeness (QED) is 0.921. The molecule has 0 radical (unpaired) electrons. The zero-order valence-corrected chi connectivity index (χ0v) is 10.9. The third-order valence-electron chi connectivity index (χ3n) is 2.24. The lowest BCUT2D eigenvalue weighted by molar-refractivity contribution is -0.121. The molecule has 0 spiro atoms. The molecule has 2 rings (SSSR count). The van der Waals surface area contributed by atoms with Crippen LogP contribution in [0.3, 0.4) is 0 Å². The maximum atomic E-state index is 12.0. The van der Waals surface area contributed by atoms with Gasteiger partial charge in [0.25, 0.3) is 5.56 Å². The molecule has 0 bridgehead atoms. The van der Waals surface area contributed by atoms with E-state index in [9.17, 15) is 9.59 Å². The van der Waals surface area contributed by atoms with Crippen molar-refractivity contribution < 1.29 is 4.79 Å². The molecule has 0 aliphatic heterocycles. The van der Waals surface area contributed by atoms with Crippen LogP contribution in [0.5, 0.6) is 0 Å². The smallest absolute Gasteiger partial charge is 0.262 e. The van der Waals surface area contributed by atoms with Crippen molar-refractivity contribution in [3.05, 3.63) is 39.7 Å². The van der Waals surface area contributed by atoms with Gasteiger partial charge in [0, 0.05) is 5.03 Å². The van der Waals surface area contributed by atoms with E-state index in [0.717, 1.165) is 0 Å². The summed E-state index contributed by atoms with van der Waals surface area (Å²) < 4.78 is 1.27. The Bertz CT molecular complexity index is 662. The highest BCUT2D eigenvalue weighted by Crippen LogP contribution is 2.13. The lowest BCUT2D eigenvalue weighted by Crippen LogP contribution is -2.32. The van der Waals surface area contributed by atoms with E-state index in [1.807, 2.05) is 0 Å². The van der Waals surface area contributed by atoms with E-state index in [1.54, 1.807) is 11.4 Å². The Morgan fingerprint density at radius 3 is 3.11 bits per heavy atom.